The first kappa shape index (κ1) is 20.2. The van der Waals surface area contributed by atoms with Gasteiger partial charge in [-0.05, 0) is 25.0 Å². The van der Waals surface area contributed by atoms with Gasteiger partial charge in [0, 0.05) is 18.7 Å². The number of ether oxygens (including phenoxy) is 1. The Hall–Kier alpha value is -1.84. The summed E-state index contributed by atoms with van der Waals surface area (Å²) >= 11 is 0. The van der Waals surface area contributed by atoms with Crippen LogP contribution in [0.2, 0.25) is 0 Å². The highest BCUT2D eigenvalue weighted by Gasteiger charge is 2.36. The molecule has 1 fully saturated rings. The molecule has 2 rings (SSSR count). The van der Waals surface area contributed by atoms with Crippen molar-refractivity contribution in [2.75, 3.05) is 18.6 Å². The smallest absolute Gasteiger partial charge is 0.311 e. The van der Waals surface area contributed by atoms with E-state index in [4.69, 9.17) is 4.74 Å². The second kappa shape index (κ2) is 9.98. The molecule has 4 heteroatoms. The first-order valence-electron chi connectivity index (χ1n) is 7.99. The summed E-state index contributed by atoms with van der Waals surface area (Å²) in [6.45, 7) is 12.4. The number of amides is 1. The quantitative estimate of drug-likeness (QED) is 0.779. The summed E-state index contributed by atoms with van der Waals surface area (Å²) < 4.78 is 4.71. The van der Waals surface area contributed by atoms with E-state index in [2.05, 4.69) is 0 Å². The van der Waals surface area contributed by atoms with Gasteiger partial charge in [0.05, 0.1) is 13.0 Å². The van der Waals surface area contributed by atoms with Crippen LogP contribution >= 0.6 is 0 Å². The van der Waals surface area contributed by atoms with Gasteiger partial charge in [-0.25, -0.2) is 0 Å². The molecule has 1 aliphatic rings. The van der Waals surface area contributed by atoms with E-state index in [1.807, 2.05) is 59.7 Å². The predicted molar refractivity (Wildman–Crippen MR) is 91.1 cm³/mol. The van der Waals surface area contributed by atoms with Crippen molar-refractivity contribution >= 4 is 17.6 Å². The van der Waals surface area contributed by atoms with Crippen molar-refractivity contribution in [3.05, 3.63) is 29.3 Å². The Morgan fingerprint density at radius 2 is 1.64 bits per heavy atom. The van der Waals surface area contributed by atoms with Gasteiger partial charge in [-0.3, -0.25) is 9.59 Å². The molecular weight excluding hydrogens is 278 g/mol. The first-order valence-corrected chi connectivity index (χ1v) is 7.99. The summed E-state index contributed by atoms with van der Waals surface area (Å²) in [5, 5.41) is 0. The minimum absolute atomic E-state index is 0.0113. The number of carbonyl (C=O) groups excluding carboxylic acids is 2. The van der Waals surface area contributed by atoms with Gasteiger partial charge in [0.25, 0.3) is 0 Å². The van der Waals surface area contributed by atoms with Crippen molar-refractivity contribution < 1.29 is 14.3 Å². The van der Waals surface area contributed by atoms with E-state index in [0.717, 1.165) is 16.8 Å². The lowest BCUT2D eigenvalue weighted by molar-refractivity contribution is -0.145. The maximum absolute atomic E-state index is 12.0. The van der Waals surface area contributed by atoms with Gasteiger partial charge in [-0.15, -0.1) is 0 Å². The third kappa shape index (κ3) is 4.58. The highest BCUT2D eigenvalue weighted by Crippen LogP contribution is 2.31. The highest BCUT2D eigenvalue weighted by molar-refractivity contribution is 6.00. The van der Waals surface area contributed by atoms with Gasteiger partial charge in [0.2, 0.25) is 5.91 Å². The molecule has 1 aromatic rings. The lowest BCUT2D eigenvalue weighted by atomic mass is 10.1. The van der Waals surface area contributed by atoms with Crippen LogP contribution in [0, 0.1) is 19.8 Å². The molecule has 1 atom stereocenters. The van der Waals surface area contributed by atoms with Crippen LogP contribution in [0.1, 0.15) is 45.2 Å². The number of methoxy groups -OCH3 is 1. The van der Waals surface area contributed by atoms with Crippen LogP contribution in [0.3, 0.4) is 0 Å². The Morgan fingerprint density at radius 3 is 2.09 bits per heavy atom. The average molecular weight is 307 g/mol. The number of esters is 1. The third-order valence-corrected chi connectivity index (χ3v) is 3.37. The van der Waals surface area contributed by atoms with Crippen LogP contribution < -0.4 is 4.90 Å². The van der Waals surface area contributed by atoms with Gasteiger partial charge in [-0.2, -0.15) is 0 Å². The van der Waals surface area contributed by atoms with E-state index >= 15 is 0 Å². The van der Waals surface area contributed by atoms with Crippen LogP contribution in [0.25, 0.3) is 0 Å². The summed E-state index contributed by atoms with van der Waals surface area (Å²) in [5.74, 6) is -0.665. The van der Waals surface area contributed by atoms with E-state index in [1.54, 1.807) is 4.90 Å². The normalized spacial score (nSPS) is 16.2. The first-order chi connectivity index (χ1) is 10.5. The van der Waals surface area contributed by atoms with Crippen LogP contribution in [-0.2, 0) is 14.3 Å². The number of rotatable bonds is 2. The molecule has 1 amide bonds. The summed E-state index contributed by atoms with van der Waals surface area (Å²) in [6.07, 6.45) is 0.237. The van der Waals surface area contributed by atoms with Crippen LogP contribution in [0.15, 0.2) is 18.2 Å². The number of hydrogen-bond acceptors (Lipinski definition) is 3. The molecule has 1 aliphatic heterocycles. The van der Waals surface area contributed by atoms with Crippen molar-refractivity contribution in [3.8, 4) is 0 Å². The van der Waals surface area contributed by atoms with Gasteiger partial charge < -0.3 is 9.64 Å². The molecule has 1 unspecified atom stereocenters. The fraction of sp³-hybridized carbons (Fsp3) is 0.556. The number of hydrogen-bond donors (Lipinski definition) is 0. The van der Waals surface area contributed by atoms with Crippen molar-refractivity contribution in [1.29, 1.82) is 0 Å². The third-order valence-electron chi connectivity index (χ3n) is 3.37. The zero-order valence-corrected chi connectivity index (χ0v) is 14.9. The van der Waals surface area contributed by atoms with Crippen LogP contribution in [-0.4, -0.2) is 25.5 Å². The minimum atomic E-state index is -0.346. The van der Waals surface area contributed by atoms with E-state index in [1.165, 1.54) is 7.11 Å². The zero-order chi connectivity index (χ0) is 17.3. The fourth-order valence-corrected chi connectivity index (χ4v) is 2.48. The Labute approximate surface area is 134 Å². The van der Waals surface area contributed by atoms with Gasteiger partial charge in [0.15, 0.2) is 0 Å². The van der Waals surface area contributed by atoms with Crippen molar-refractivity contribution in [2.45, 2.75) is 48.0 Å². The maximum atomic E-state index is 12.0. The molecule has 4 nitrogen and oxygen atoms in total. The molecule has 1 saturated heterocycles. The standard InChI is InChI=1S/C14H17NO3.2C2H6/c1-9-5-4-6-10(2)13(9)15-8-11(7-12(15)16)14(17)18-3;2*1-2/h4-6,11H,7-8H2,1-3H3;2*1-2H3. The lowest BCUT2D eigenvalue weighted by Gasteiger charge is -2.21. The Kier molecular flexibility index (Phi) is 9.15. The molecular formula is C18H29NO3. The van der Waals surface area contributed by atoms with Crippen LogP contribution in [0.4, 0.5) is 5.69 Å². The van der Waals surface area contributed by atoms with E-state index in [-0.39, 0.29) is 24.2 Å². The Bertz CT molecular complexity index is 477. The van der Waals surface area contributed by atoms with Gasteiger partial charge >= 0.3 is 5.97 Å². The van der Waals surface area contributed by atoms with Gasteiger partial charge in [0.1, 0.15) is 0 Å². The summed E-state index contributed by atoms with van der Waals surface area (Å²) in [4.78, 5) is 25.2. The topological polar surface area (TPSA) is 46.6 Å². The Balaban J connectivity index is 0.00000102. The molecule has 0 spiro atoms. The fourth-order valence-electron chi connectivity index (χ4n) is 2.48. The van der Waals surface area contributed by atoms with Crippen molar-refractivity contribution in [2.24, 2.45) is 5.92 Å². The summed E-state index contributed by atoms with van der Waals surface area (Å²) in [6, 6.07) is 5.91. The number of nitrogens with zero attached hydrogens (tertiary/aromatic N) is 1. The number of aryl methyl sites for hydroxylation is 2. The van der Waals surface area contributed by atoms with E-state index in [9.17, 15) is 9.59 Å². The van der Waals surface area contributed by atoms with Crippen molar-refractivity contribution in [3.63, 3.8) is 0 Å². The number of benzene rings is 1. The second-order valence-electron chi connectivity index (χ2n) is 4.67. The molecule has 22 heavy (non-hydrogen) atoms. The minimum Gasteiger partial charge on any atom is -0.469 e. The second-order valence-corrected chi connectivity index (χ2v) is 4.67. The average Bonchev–Trinajstić information content (AvgIpc) is 2.92. The van der Waals surface area contributed by atoms with E-state index in [0.29, 0.717) is 6.54 Å². The largest absolute Gasteiger partial charge is 0.469 e. The molecule has 0 radical (unpaired) electrons. The molecule has 0 aromatic heterocycles. The van der Waals surface area contributed by atoms with Gasteiger partial charge in [-0.1, -0.05) is 45.9 Å². The molecule has 0 bridgehead atoms. The van der Waals surface area contributed by atoms with Crippen molar-refractivity contribution in [1.82, 2.24) is 0 Å². The highest BCUT2D eigenvalue weighted by atomic mass is 16.5. The molecule has 124 valence electrons. The predicted octanol–water partition coefficient (Wildman–Crippen LogP) is 3.88. The summed E-state index contributed by atoms with van der Waals surface area (Å²) in [5.41, 5.74) is 3.02. The molecule has 0 saturated carbocycles. The molecule has 0 N–H and O–H groups in total. The molecule has 1 heterocycles. The number of para-hydroxylation sites is 1. The zero-order valence-electron chi connectivity index (χ0n) is 14.9. The molecule has 1 aromatic carbocycles. The number of carbonyl (C=O) groups is 2. The summed E-state index contributed by atoms with van der Waals surface area (Å²) in [7, 11) is 1.36. The monoisotopic (exact) mass is 307 g/mol. The molecule has 0 aliphatic carbocycles. The number of anilines is 1. The lowest BCUT2D eigenvalue weighted by Crippen LogP contribution is -2.27. The van der Waals surface area contributed by atoms with Crippen LogP contribution in [0.5, 0.6) is 0 Å². The van der Waals surface area contributed by atoms with E-state index < -0.39 is 0 Å². The maximum Gasteiger partial charge on any atom is 0.311 e. The SMILES string of the molecule is CC.CC.COC(=O)C1CC(=O)N(c2c(C)cccc2C)C1. The Morgan fingerprint density at radius 1 is 1.14 bits per heavy atom.